The van der Waals surface area contributed by atoms with Crippen molar-refractivity contribution in [3.05, 3.63) is 45.6 Å². The lowest BCUT2D eigenvalue weighted by molar-refractivity contribution is -0.417. The van der Waals surface area contributed by atoms with Crippen molar-refractivity contribution in [2.45, 2.75) is 11.8 Å². The van der Waals surface area contributed by atoms with Gasteiger partial charge in [0.25, 0.3) is 0 Å². The van der Waals surface area contributed by atoms with Gasteiger partial charge in [-0.25, -0.2) is 8.42 Å². The molecule has 0 spiro atoms. The van der Waals surface area contributed by atoms with Crippen LogP contribution in [0.5, 0.6) is 0 Å². The average Bonchev–Trinajstić information content (AvgIpc) is 2.24. The molecular weight excluding hydrogens is 258 g/mol. The monoisotopic (exact) mass is 269 g/mol. The van der Waals surface area contributed by atoms with Crippen LogP contribution in [0.15, 0.2) is 34.9 Å². The fourth-order valence-electron chi connectivity index (χ4n) is 1.25. The standard InChI is InChI=1S/C11H11NO5S/c1-8(13)11(12(14)15)7-9-3-5-10(6-4-9)18(2,16)17/h3-7H,1-2H3/b11-7-. The molecule has 0 heterocycles. The highest BCUT2D eigenvalue weighted by Crippen LogP contribution is 2.13. The van der Waals surface area contributed by atoms with Crippen molar-refractivity contribution < 1.29 is 18.1 Å². The molecule has 96 valence electrons. The zero-order valence-corrected chi connectivity index (χ0v) is 10.6. The van der Waals surface area contributed by atoms with Crippen LogP contribution in [0.4, 0.5) is 0 Å². The topological polar surface area (TPSA) is 94.3 Å². The molecule has 0 radical (unpaired) electrons. The number of carbonyl (C=O) groups excluding carboxylic acids is 1. The fourth-order valence-corrected chi connectivity index (χ4v) is 1.88. The Kier molecular flexibility index (Phi) is 3.97. The summed E-state index contributed by atoms with van der Waals surface area (Å²) in [5.41, 5.74) is -0.147. The van der Waals surface area contributed by atoms with E-state index in [1.807, 2.05) is 0 Å². The van der Waals surface area contributed by atoms with Gasteiger partial charge >= 0.3 is 5.70 Å². The molecule has 0 aromatic heterocycles. The van der Waals surface area contributed by atoms with Gasteiger partial charge in [0.15, 0.2) is 9.84 Å². The third kappa shape index (κ3) is 3.49. The number of carbonyl (C=O) groups is 1. The number of nitro groups is 1. The van der Waals surface area contributed by atoms with E-state index in [-0.39, 0.29) is 4.90 Å². The van der Waals surface area contributed by atoms with Crippen molar-refractivity contribution in [1.29, 1.82) is 0 Å². The van der Waals surface area contributed by atoms with Gasteiger partial charge in [-0.15, -0.1) is 0 Å². The highest BCUT2D eigenvalue weighted by atomic mass is 32.2. The molecule has 6 nitrogen and oxygen atoms in total. The number of nitrogens with zero attached hydrogens (tertiary/aromatic N) is 1. The van der Waals surface area contributed by atoms with Crippen LogP contribution in [-0.4, -0.2) is 25.4 Å². The average molecular weight is 269 g/mol. The minimum absolute atomic E-state index is 0.116. The molecule has 0 fully saturated rings. The van der Waals surface area contributed by atoms with Crippen molar-refractivity contribution in [2.75, 3.05) is 6.26 Å². The quantitative estimate of drug-likeness (QED) is 0.466. The minimum Gasteiger partial charge on any atom is -0.288 e. The van der Waals surface area contributed by atoms with Gasteiger partial charge in [-0.1, -0.05) is 12.1 Å². The number of ketones is 1. The molecule has 0 saturated heterocycles. The summed E-state index contributed by atoms with van der Waals surface area (Å²) in [4.78, 5) is 20.9. The molecule has 18 heavy (non-hydrogen) atoms. The lowest BCUT2D eigenvalue weighted by Crippen LogP contribution is -2.07. The van der Waals surface area contributed by atoms with Gasteiger partial charge in [0.2, 0.25) is 5.78 Å². The molecule has 1 aromatic rings. The van der Waals surface area contributed by atoms with Crippen molar-refractivity contribution >= 4 is 21.7 Å². The van der Waals surface area contributed by atoms with E-state index in [4.69, 9.17) is 0 Å². The zero-order chi connectivity index (χ0) is 13.9. The maximum atomic E-state index is 11.2. The van der Waals surface area contributed by atoms with Crippen LogP contribution in [0.3, 0.4) is 0 Å². The van der Waals surface area contributed by atoms with E-state index >= 15 is 0 Å². The Hall–Kier alpha value is -2.02. The molecule has 0 aliphatic carbocycles. The van der Waals surface area contributed by atoms with Crippen LogP contribution in [0.1, 0.15) is 12.5 Å². The summed E-state index contributed by atoms with van der Waals surface area (Å²) in [6.45, 7) is 1.10. The largest absolute Gasteiger partial charge is 0.312 e. The Bertz CT molecular complexity index is 597. The second-order valence-corrected chi connectivity index (χ2v) is 5.70. The molecule has 0 aliphatic heterocycles. The summed E-state index contributed by atoms with van der Waals surface area (Å²) < 4.78 is 22.4. The highest BCUT2D eigenvalue weighted by molar-refractivity contribution is 7.90. The van der Waals surface area contributed by atoms with Gasteiger partial charge in [-0.3, -0.25) is 14.9 Å². The predicted octanol–water partition coefficient (Wildman–Crippen LogP) is 1.30. The zero-order valence-electron chi connectivity index (χ0n) is 9.78. The van der Waals surface area contributed by atoms with E-state index in [2.05, 4.69) is 0 Å². The van der Waals surface area contributed by atoms with E-state index in [0.717, 1.165) is 19.3 Å². The number of allylic oxidation sites excluding steroid dienone is 1. The second-order valence-electron chi connectivity index (χ2n) is 3.68. The van der Waals surface area contributed by atoms with Crippen LogP contribution < -0.4 is 0 Å². The number of rotatable bonds is 4. The van der Waals surface area contributed by atoms with Gasteiger partial charge in [0.1, 0.15) is 0 Å². The lowest BCUT2D eigenvalue weighted by Gasteiger charge is -1.99. The van der Waals surface area contributed by atoms with Gasteiger partial charge in [-0.05, 0) is 17.7 Å². The van der Waals surface area contributed by atoms with Crippen molar-refractivity contribution in [2.24, 2.45) is 0 Å². The summed E-state index contributed by atoms with van der Waals surface area (Å²) in [7, 11) is -3.30. The molecule has 0 atom stereocenters. The Morgan fingerprint density at radius 1 is 1.28 bits per heavy atom. The number of benzene rings is 1. The molecule has 7 heteroatoms. The van der Waals surface area contributed by atoms with E-state index in [0.29, 0.717) is 5.56 Å². The summed E-state index contributed by atoms with van der Waals surface area (Å²) in [5.74, 6) is -0.660. The van der Waals surface area contributed by atoms with Crippen molar-refractivity contribution in [3.63, 3.8) is 0 Å². The molecule has 0 bridgehead atoms. The predicted molar refractivity (Wildman–Crippen MR) is 65.2 cm³/mol. The van der Waals surface area contributed by atoms with Gasteiger partial charge in [0.05, 0.1) is 9.82 Å². The number of hydrogen-bond donors (Lipinski definition) is 0. The number of Topliss-reactive ketones (excluding diaryl/α,β-unsaturated/α-hetero) is 1. The summed E-state index contributed by atoms with van der Waals surface area (Å²) in [5, 5.41) is 10.6. The van der Waals surface area contributed by atoms with Crippen LogP contribution in [0.25, 0.3) is 6.08 Å². The first-order chi connectivity index (χ1) is 8.21. The molecule has 1 rings (SSSR count). The van der Waals surface area contributed by atoms with Crippen LogP contribution in [0, 0.1) is 10.1 Å². The van der Waals surface area contributed by atoms with Crippen LogP contribution in [0.2, 0.25) is 0 Å². The summed E-state index contributed by atoms with van der Waals surface area (Å²) in [6.07, 6.45) is 2.17. The van der Waals surface area contributed by atoms with E-state index in [1.54, 1.807) is 0 Å². The molecule has 0 saturated carbocycles. The smallest absolute Gasteiger partial charge is 0.288 e. The lowest BCUT2D eigenvalue weighted by atomic mass is 10.1. The minimum atomic E-state index is -3.30. The van der Waals surface area contributed by atoms with Crippen LogP contribution >= 0.6 is 0 Å². The number of hydrogen-bond acceptors (Lipinski definition) is 5. The third-order valence-electron chi connectivity index (χ3n) is 2.17. The van der Waals surface area contributed by atoms with E-state index in [9.17, 15) is 23.3 Å². The Balaban J connectivity index is 3.17. The SMILES string of the molecule is CC(=O)/C(=C/c1ccc(S(C)(=O)=O)cc1)[N+](=O)[O-]. The molecule has 1 aromatic carbocycles. The maximum Gasteiger partial charge on any atom is 0.312 e. The highest BCUT2D eigenvalue weighted by Gasteiger charge is 2.16. The van der Waals surface area contributed by atoms with Crippen molar-refractivity contribution in [1.82, 2.24) is 0 Å². The molecule has 0 unspecified atom stereocenters. The third-order valence-corrected chi connectivity index (χ3v) is 3.30. The van der Waals surface area contributed by atoms with Crippen molar-refractivity contribution in [3.8, 4) is 0 Å². The Morgan fingerprint density at radius 2 is 1.78 bits per heavy atom. The molecule has 0 N–H and O–H groups in total. The van der Waals surface area contributed by atoms with E-state index in [1.165, 1.54) is 24.3 Å². The number of sulfone groups is 1. The summed E-state index contributed by atoms with van der Waals surface area (Å²) >= 11 is 0. The van der Waals surface area contributed by atoms with Gasteiger partial charge < -0.3 is 0 Å². The Morgan fingerprint density at radius 3 is 2.11 bits per heavy atom. The second kappa shape index (κ2) is 5.09. The van der Waals surface area contributed by atoms with Crippen LogP contribution in [-0.2, 0) is 14.6 Å². The summed E-state index contributed by atoms with van der Waals surface area (Å²) in [6, 6.07) is 5.48. The normalized spacial score (nSPS) is 12.2. The fraction of sp³-hybridized carbons (Fsp3) is 0.182. The molecule has 0 aliphatic rings. The Labute approximate surface area is 104 Å². The molecular formula is C11H11NO5S. The molecule has 0 amide bonds. The maximum absolute atomic E-state index is 11.2. The first-order valence-corrected chi connectivity index (χ1v) is 6.78. The van der Waals surface area contributed by atoms with Gasteiger partial charge in [-0.2, -0.15) is 0 Å². The first kappa shape index (κ1) is 14.0. The van der Waals surface area contributed by atoms with Gasteiger partial charge in [0, 0.05) is 19.3 Å². The van der Waals surface area contributed by atoms with E-state index < -0.39 is 26.2 Å². The first-order valence-electron chi connectivity index (χ1n) is 4.89.